The van der Waals surface area contributed by atoms with Crippen LogP contribution in [0.15, 0.2) is 24.4 Å². The van der Waals surface area contributed by atoms with Gasteiger partial charge < -0.3 is 15.5 Å². The Morgan fingerprint density at radius 3 is 2.65 bits per heavy atom. The summed E-state index contributed by atoms with van der Waals surface area (Å²) in [5, 5.41) is 33.3. The number of non-ortho nitro benzene ring substituents is 1. The Kier molecular flexibility index (Phi) is 4.11. The van der Waals surface area contributed by atoms with Crippen LogP contribution in [0.3, 0.4) is 0 Å². The Labute approximate surface area is 115 Å². The molecule has 0 aliphatic heterocycles. The molecule has 2 rings (SSSR count). The predicted molar refractivity (Wildman–Crippen MR) is 74.7 cm³/mol. The van der Waals surface area contributed by atoms with Crippen molar-refractivity contribution in [3.8, 4) is 0 Å². The van der Waals surface area contributed by atoms with Crippen molar-refractivity contribution in [2.45, 2.75) is 13.0 Å². The van der Waals surface area contributed by atoms with Gasteiger partial charge in [0.1, 0.15) is 0 Å². The molecule has 106 valence electrons. The van der Waals surface area contributed by atoms with Crippen molar-refractivity contribution in [3.63, 3.8) is 0 Å². The maximum atomic E-state index is 11.0. The Hall–Kier alpha value is -2.25. The largest absolute Gasteiger partial charge is 0.394 e. The van der Waals surface area contributed by atoms with Gasteiger partial charge in [-0.2, -0.15) is 0 Å². The van der Waals surface area contributed by atoms with Gasteiger partial charge in [-0.25, -0.2) is 0 Å². The number of aryl methyl sites for hydroxylation is 1. The molecule has 0 atom stereocenters. The zero-order valence-corrected chi connectivity index (χ0v) is 10.9. The second kappa shape index (κ2) is 5.81. The first-order valence-corrected chi connectivity index (χ1v) is 6.08. The quantitative estimate of drug-likeness (QED) is 0.560. The Bertz CT molecular complexity index is 641. The van der Waals surface area contributed by atoms with Crippen LogP contribution in [0.25, 0.3) is 10.8 Å². The number of nitro benzene ring substituents is 1. The van der Waals surface area contributed by atoms with E-state index in [1.807, 2.05) is 0 Å². The summed E-state index contributed by atoms with van der Waals surface area (Å²) in [6.45, 7) is 1.32. The van der Waals surface area contributed by atoms with E-state index in [1.165, 1.54) is 12.3 Å². The summed E-state index contributed by atoms with van der Waals surface area (Å²) >= 11 is 0. The van der Waals surface area contributed by atoms with Crippen LogP contribution in [0.1, 0.15) is 5.69 Å². The third kappa shape index (κ3) is 2.68. The molecule has 1 aromatic heterocycles. The fraction of sp³-hybridized carbons (Fsp3) is 0.308. The van der Waals surface area contributed by atoms with Crippen LogP contribution in [-0.4, -0.2) is 39.4 Å². The third-order valence-corrected chi connectivity index (χ3v) is 3.01. The van der Waals surface area contributed by atoms with Gasteiger partial charge >= 0.3 is 0 Å². The highest BCUT2D eigenvalue weighted by molar-refractivity contribution is 5.99. The number of hydrogen-bond acceptors (Lipinski definition) is 6. The number of hydrogen-bond donors (Lipinski definition) is 3. The molecule has 3 N–H and O–H groups in total. The molecule has 1 aromatic carbocycles. The van der Waals surface area contributed by atoms with E-state index >= 15 is 0 Å². The minimum atomic E-state index is -0.520. The first-order chi connectivity index (χ1) is 9.56. The average molecular weight is 277 g/mol. The third-order valence-electron chi connectivity index (χ3n) is 3.01. The van der Waals surface area contributed by atoms with Gasteiger partial charge in [-0.3, -0.25) is 15.1 Å². The van der Waals surface area contributed by atoms with Crippen molar-refractivity contribution in [1.29, 1.82) is 0 Å². The number of aliphatic hydroxyl groups excluding tert-OH is 2. The molecule has 7 heteroatoms. The predicted octanol–water partition coefficient (Wildman–Crippen LogP) is 1.22. The van der Waals surface area contributed by atoms with Crippen molar-refractivity contribution < 1.29 is 15.1 Å². The number of pyridine rings is 1. The van der Waals surface area contributed by atoms with Crippen LogP contribution in [0.5, 0.6) is 0 Å². The van der Waals surface area contributed by atoms with Gasteiger partial charge in [0.2, 0.25) is 0 Å². The zero-order valence-electron chi connectivity index (χ0n) is 10.9. The van der Waals surface area contributed by atoms with Crippen molar-refractivity contribution in [1.82, 2.24) is 4.98 Å². The van der Waals surface area contributed by atoms with Crippen molar-refractivity contribution in [2.24, 2.45) is 0 Å². The van der Waals surface area contributed by atoms with E-state index < -0.39 is 11.0 Å². The molecule has 2 aromatic rings. The molecule has 0 aliphatic carbocycles. The van der Waals surface area contributed by atoms with Crippen LogP contribution >= 0.6 is 0 Å². The lowest BCUT2D eigenvalue weighted by Gasteiger charge is -2.16. The highest BCUT2D eigenvalue weighted by Gasteiger charge is 2.16. The van der Waals surface area contributed by atoms with Crippen molar-refractivity contribution in [3.05, 3.63) is 40.2 Å². The van der Waals surface area contributed by atoms with Gasteiger partial charge in [-0.05, 0) is 19.1 Å². The number of fused-ring (bicyclic) bond motifs is 1. The number of nitro groups is 1. The number of nitrogens with zero attached hydrogens (tertiary/aromatic N) is 2. The van der Waals surface area contributed by atoms with Crippen molar-refractivity contribution >= 4 is 22.1 Å². The van der Waals surface area contributed by atoms with Crippen LogP contribution in [0.2, 0.25) is 0 Å². The minimum Gasteiger partial charge on any atom is -0.394 e. The summed E-state index contributed by atoms with van der Waals surface area (Å²) < 4.78 is 0. The standard InChI is InChI=1S/C13H15N3O4/c1-8-4-10-11(5-14-8)13(16(19)20)3-2-12(10)15-9(6-17)7-18/h2-5,9,15,17-18H,6-7H2,1H3. The molecule has 1 heterocycles. The minimum absolute atomic E-state index is 0.0254. The lowest BCUT2D eigenvalue weighted by atomic mass is 10.1. The normalized spacial score (nSPS) is 11.0. The van der Waals surface area contributed by atoms with Gasteiger partial charge in [0, 0.05) is 29.0 Å². The van der Waals surface area contributed by atoms with Gasteiger partial charge in [0.25, 0.3) is 5.69 Å². The fourth-order valence-corrected chi connectivity index (χ4v) is 1.98. The van der Waals surface area contributed by atoms with Crippen molar-refractivity contribution in [2.75, 3.05) is 18.5 Å². The molecule has 0 fully saturated rings. The lowest BCUT2D eigenvalue weighted by Crippen LogP contribution is -2.27. The van der Waals surface area contributed by atoms with E-state index in [0.717, 1.165) is 5.69 Å². The summed E-state index contributed by atoms with van der Waals surface area (Å²) in [5.74, 6) is 0. The van der Waals surface area contributed by atoms with Crippen LogP contribution in [-0.2, 0) is 0 Å². The molecular formula is C13H15N3O4. The van der Waals surface area contributed by atoms with E-state index in [4.69, 9.17) is 10.2 Å². The molecule has 0 amide bonds. The van der Waals surface area contributed by atoms with E-state index in [1.54, 1.807) is 19.1 Å². The summed E-state index contributed by atoms with van der Waals surface area (Å²) in [5.41, 5.74) is 1.32. The molecule has 0 radical (unpaired) electrons. The highest BCUT2D eigenvalue weighted by atomic mass is 16.6. The van der Waals surface area contributed by atoms with Crippen LogP contribution < -0.4 is 5.32 Å². The second-order valence-electron chi connectivity index (χ2n) is 4.47. The lowest BCUT2D eigenvalue weighted by molar-refractivity contribution is -0.383. The van der Waals surface area contributed by atoms with Gasteiger partial charge in [-0.15, -0.1) is 0 Å². The number of benzene rings is 1. The highest BCUT2D eigenvalue weighted by Crippen LogP contribution is 2.31. The Morgan fingerprint density at radius 1 is 1.35 bits per heavy atom. The summed E-state index contributed by atoms with van der Waals surface area (Å²) in [6, 6.07) is 4.16. The number of rotatable bonds is 5. The first kappa shape index (κ1) is 14.2. The molecule has 0 bridgehead atoms. The summed E-state index contributed by atoms with van der Waals surface area (Å²) in [6.07, 6.45) is 1.46. The molecule has 0 unspecified atom stereocenters. The second-order valence-corrected chi connectivity index (χ2v) is 4.47. The number of nitrogens with one attached hydrogen (secondary N) is 1. The summed E-state index contributed by atoms with van der Waals surface area (Å²) in [7, 11) is 0. The smallest absolute Gasteiger partial charge is 0.278 e. The molecule has 7 nitrogen and oxygen atoms in total. The van der Waals surface area contributed by atoms with E-state index in [-0.39, 0.29) is 18.9 Å². The van der Waals surface area contributed by atoms with Gasteiger partial charge in [0.05, 0.1) is 29.6 Å². The number of aromatic nitrogens is 1. The number of aliphatic hydroxyl groups is 2. The van der Waals surface area contributed by atoms with Gasteiger partial charge in [0.15, 0.2) is 0 Å². The zero-order chi connectivity index (χ0) is 14.7. The maximum absolute atomic E-state index is 11.0. The average Bonchev–Trinajstić information content (AvgIpc) is 2.44. The number of anilines is 1. The molecule has 0 aliphatic rings. The SMILES string of the molecule is Cc1cc2c(NC(CO)CO)ccc([N+](=O)[O-])c2cn1. The monoisotopic (exact) mass is 277 g/mol. The molecule has 20 heavy (non-hydrogen) atoms. The van der Waals surface area contributed by atoms with Crippen LogP contribution in [0.4, 0.5) is 11.4 Å². The summed E-state index contributed by atoms with van der Waals surface area (Å²) in [4.78, 5) is 14.6. The first-order valence-electron chi connectivity index (χ1n) is 6.08. The van der Waals surface area contributed by atoms with E-state index in [2.05, 4.69) is 10.3 Å². The van der Waals surface area contributed by atoms with E-state index in [0.29, 0.717) is 16.5 Å². The molecular weight excluding hydrogens is 262 g/mol. The Morgan fingerprint density at radius 2 is 2.05 bits per heavy atom. The van der Waals surface area contributed by atoms with Gasteiger partial charge in [-0.1, -0.05) is 0 Å². The Balaban J connectivity index is 2.58. The van der Waals surface area contributed by atoms with E-state index in [9.17, 15) is 10.1 Å². The topological polar surface area (TPSA) is 109 Å². The molecule has 0 saturated heterocycles. The molecule has 0 saturated carbocycles. The fourth-order valence-electron chi connectivity index (χ4n) is 1.98. The van der Waals surface area contributed by atoms with Crippen LogP contribution in [0, 0.1) is 17.0 Å². The maximum Gasteiger partial charge on any atom is 0.278 e. The molecule has 0 spiro atoms.